The van der Waals surface area contributed by atoms with E-state index in [1.807, 2.05) is 54.6 Å². The highest BCUT2D eigenvalue weighted by atomic mass is 16.5. The van der Waals surface area contributed by atoms with Crippen LogP contribution >= 0.6 is 0 Å². The van der Waals surface area contributed by atoms with Gasteiger partial charge in [0.2, 0.25) is 0 Å². The molecule has 2 atom stereocenters. The normalized spacial score (nSPS) is 19.1. The van der Waals surface area contributed by atoms with Crippen LogP contribution in [-0.4, -0.2) is 47.8 Å². The topological polar surface area (TPSA) is 32.8 Å². The second-order valence-electron chi connectivity index (χ2n) is 9.80. The van der Waals surface area contributed by atoms with Gasteiger partial charge in [0.15, 0.2) is 5.78 Å². The van der Waals surface area contributed by atoms with Gasteiger partial charge < -0.3 is 4.74 Å². The second kappa shape index (κ2) is 11.7. The van der Waals surface area contributed by atoms with E-state index < -0.39 is 0 Å². The predicted octanol–water partition coefficient (Wildman–Crippen LogP) is 6.74. The average Bonchev–Trinajstić information content (AvgIpc) is 2.94. The van der Waals surface area contributed by atoms with Gasteiger partial charge in [-0.05, 0) is 93.8 Å². The summed E-state index contributed by atoms with van der Waals surface area (Å²) in [6.45, 7) is 4.09. The van der Waals surface area contributed by atoms with E-state index in [2.05, 4.69) is 40.1 Å². The Morgan fingerprint density at radius 1 is 0.600 bits per heavy atom. The first kappa shape index (κ1) is 23.8. The van der Waals surface area contributed by atoms with Gasteiger partial charge in [-0.25, -0.2) is 0 Å². The van der Waals surface area contributed by atoms with Crippen LogP contribution in [0.25, 0.3) is 0 Å². The number of nitrogens with zero attached hydrogens (tertiary/aromatic N) is 2. The zero-order chi connectivity index (χ0) is 23.9. The van der Waals surface area contributed by atoms with Crippen LogP contribution in [0.5, 0.6) is 11.5 Å². The lowest BCUT2D eigenvalue weighted by atomic mass is 9.88. The highest BCUT2D eigenvalue weighted by Gasteiger charge is 2.39. The molecular formula is C31H36N2O2. The Labute approximate surface area is 209 Å². The second-order valence-corrected chi connectivity index (χ2v) is 9.80. The van der Waals surface area contributed by atoms with Gasteiger partial charge >= 0.3 is 0 Å². The Kier molecular flexibility index (Phi) is 7.92. The largest absolute Gasteiger partial charge is 0.457 e. The Bertz CT molecular complexity index is 1060. The third-order valence-corrected chi connectivity index (χ3v) is 7.39. The van der Waals surface area contributed by atoms with Gasteiger partial charge in [-0.1, -0.05) is 61.4 Å². The van der Waals surface area contributed by atoms with Gasteiger partial charge in [0, 0.05) is 5.56 Å². The van der Waals surface area contributed by atoms with Gasteiger partial charge in [0.25, 0.3) is 0 Å². The first-order chi connectivity index (χ1) is 17.3. The number of hydrogen-bond donors (Lipinski definition) is 0. The minimum Gasteiger partial charge on any atom is -0.457 e. The number of para-hydroxylation sites is 1. The van der Waals surface area contributed by atoms with Crippen LogP contribution in [0.1, 0.15) is 60.5 Å². The Balaban J connectivity index is 1.46. The molecule has 0 spiro atoms. The predicted molar refractivity (Wildman–Crippen MR) is 141 cm³/mol. The molecule has 2 aliphatic rings. The quantitative estimate of drug-likeness (QED) is 0.343. The highest BCUT2D eigenvalue weighted by molar-refractivity contribution is 6.00. The molecule has 0 radical (unpaired) electrons. The maximum absolute atomic E-state index is 14.3. The van der Waals surface area contributed by atoms with Crippen molar-refractivity contribution in [2.45, 2.75) is 50.6 Å². The first-order valence-electron chi connectivity index (χ1n) is 13.2. The number of hydrogen-bond acceptors (Lipinski definition) is 4. The molecule has 2 unspecified atom stereocenters. The van der Waals surface area contributed by atoms with Crippen LogP contribution in [0.15, 0.2) is 84.9 Å². The van der Waals surface area contributed by atoms with Crippen molar-refractivity contribution in [3.05, 3.63) is 96.1 Å². The summed E-state index contributed by atoms with van der Waals surface area (Å²) < 4.78 is 5.97. The van der Waals surface area contributed by atoms with E-state index in [1.54, 1.807) is 0 Å². The summed E-state index contributed by atoms with van der Waals surface area (Å²) in [5.74, 6) is 1.77. The van der Waals surface area contributed by atoms with Crippen LogP contribution in [0.2, 0.25) is 0 Å². The number of benzene rings is 3. The molecule has 4 nitrogen and oxygen atoms in total. The minimum atomic E-state index is -0.184. The summed E-state index contributed by atoms with van der Waals surface area (Å²) >= 11 is 0. The monoisotopic (exact) mass is 468 g/mol. The van der Waals surface area contributed by atoms with Crippen LogP contribution in [0, 0.1) is 0 Å². The molecule has 0 amide bonds. The fourth-order valence-corrected chi connectivity index (χ4v) is 5.63. The van der Waals surface area contributed by atoms with E-state index >= 15 is 0 Å². The number of rotatable bonds is 8. The zero-order valence-corrected chi connectivity index (χ0v) is 20.5. The molecule has 0 aliphatic carbocycles. The molecule has 0 bridgehead atoms. The van der Waals surface area contributed by atoms with Crippen LogP contribution in [-0.2, 0) is 0 Å². The molecule has 3 aromatic rings. The lowest BCUT2D eigenvalue weighted by molar-refractivity contribution is 0.0425. The van der Waals surface area contributed by atoms with Crippen LogP contribution < -0.4 is 4.74 Å². The molecular weight excluding hydrogens is 432 g/mol. The SMILES string of the molecule is O=C(c1ccc(Oc2ccccc2)cc1)C(C(c1ccccc1)N1CCCCC1)N1CCCCC1. The van der Waals surface area contributed by atoms with Gasteiger partial charge in [0.05, 0.1) is 12.1 Å². The summed E-state index contributed by atoms with van der Waals surface area (Å²) in [5.41, 5.74) is 2.02. The molecule has 0 N–H and O–H groups in total. The van der Waals surface area contributed by atoms with Crippen molar-refractivity contribution < 1.29 is 9.53 Å². The summed E-state index contributed by atoms with van der Waals surface area (Å²) in [6.07, 6.45) is 7.27. The van der Waals surface area contributed by atoms with E-state index in [0.29, 0.717) is 0 Å². The smallest absolute Gasteiger partial charge is 0.181 e. The van der Waals surface area contributed by atoms with Gasteiger partial charge in [-0.15, -0.1) is 0 Å². The summed E-state index contributed by atoms with van der Waals surface area (Å²) in [4.78, 5) is 19.3. The number of piperidine rings is 2. The fourth-order valence-electron chi connectivity index (χ4n) is 5.63. The molecule has 182 valence electrons. The van der Waals surface area contributed by atoms with Crippen molar-refractivity contribution in [1.82, 2.24) is 9.80 Å². The zero-order valence-electron chi connectivity index (χ0n) is 20.5. The molecule has 0 saturated carbocycles. The Hall–Kier alpha value is -2.95. The van der Waals surface area contributed by atoms with E-state index in [-0.39, 0.29) is 17.9 Å². The number of carbonyl (C=O) groups is 1. The number of carbonyl (C=O) groups excluding carboxylic acids is 1. The van der Waals surface area contributed by atoms with Crippen molar-refractivity contribution >= 4 is 5.78 Å². The molecule has 2 fully saturated rings. The molecule has 2 saturated heterocycles. The molecule has 35 heavy (non-hydrogen) atoms. The summed E-state index contributed by atoms with van der Waals surface area (Å²) in [6, 6.07) is 28.1. The standard InChI is InChI=1S/C31H36N2O2/c34-31(26-17-19-28(20-18-26)35-27-15-7-2-8-16-27)30(33-23-11-4-12-24-33)29(25-13-5-1-6-14-25)32-21-9-3-10-22-32/h1-2,5-8,13-20,29-30H,3-4,9-12,21-24H2. The molecule has 5 rings (SSSR count). The maximum Gasteiger partial charge on any atom is 0.181 e. The number of likely N-dealkylation sites (tertiary alicyclic amines) is 2. The molecule has 4 heteroatoms. The van der Waals surface area contributed by atoms with E-state index in [4.69, 9.17) is 4.74 Å². The third-order valence-electron chi connectivity index (χ3n) is 7.39. The molecule has 2 aliphatic heterocycles. The van der Waals surface area contributed by atoms with E-state index in [9.17, 15) is 4.79 Å². The lowest BCUT2D eigenvalue weighted by Gasteiger charge is -2.44. The van der Waals surface area contributed by atoms with Crippen LogP contribution in [0.3, 0.4) is 0 Å². The third kappa shape index (κ3) is 5.83. The van der Waals surface area contributed by atoms with Gasteiger partial charge in [-0.3, -0.25) is 14.6 Å². The number of Topliss-reactive ketones (excluding diaryl/α,β-unsaturated/α-hetero) is 1. The Morgan fingerprint density at radius 2 is 1.11 bits per heavy atom. The lowest BCUT2D eigenvalue weighted by Crippen LogP contribution is -2.53. The number of ether oxygens (including phenoxy) is 1. The fraction of sp³-hybridized carbons (Fsp3) is 0.387. The van der Waals surface area contributed by atoms with E-state index in [1.165, 1.54) is 31.2 Å². The van der Waals surface area contributed by atoms with Crippen molar-refractivity contribution in [2.24, 2.45) is 0 Å². The first-order valence-corrected chi connectivity index (χ1v) is 13.2. The maximum atomic E-state index is 14.3. The van der Waals surface area contributed by atoms with Gasteiger partial charge in [-0.2, -0.15) is 0 Å². The van der Waals surface area contributed by atoms with Gasteiger partial charge in [0.1, 0.15) is 11.5 Å². The van der Waals surface area contributed by atoms with Crippen molar-refractivity contribution in [1.29, 1.82) is 0 Å². The van der Waals surface area contributed by atoms with Crippen molar-refractivity contribution in [3.63, 3.8) is 0 Å². The van der Waals surface area contributed by atoms with E-state index in [0.717, 1.165) is 56.1 Å². The molecule has 3 aromatic carbocycles. The number of ketones is 1. The molecule has 2 heterocycles. The van der Waals surface area contributed by atoms with Crippen LogP contribution in [0.4, 0.5) is 0 Å². The summed E-state index contributed by atoms with van der Waals surface area (Å²) in [5, 5.41) is 0. The minimum absolute atomic E-state index is 0.0716. The molecule has 0 aromatic heterocycles. The highest BCUT2D eigenvalue weighted by Crippen LogP contribution is 2.34. The summed E-state index contributed by atoms with van der Waals surface area (Å²) in [7, 11) is 0. The van der Waals surface area contributed by atoms with Crippen molar-refractivity contribution in [3.8, 4) is 11.5 Å². The Morgan fingerprint density at radius 3 is 1.71 bits per heavy atom. The average molecular weight is 469 g/mol. The van der Waals surface area contributed by atoms with Crippen molar-refractivity contribution in [2.75, 3.05) is 26.2 Å².